The lowest BCUT2D eigenvalue weighted by Crippen LogP contribution is -2.24. The van der Waals surface area contributed by atoms with E-state index in [1.165, 1.54) is 6.42 Å². The number of rotatable bonds is 4. The average molecular weight is 438 g/mol. The summed E-state index contributed by atoms with van der Waals surface area (Å²) in [7, 11) is 0. The van der Waals surface area contributed by atoms with E-state index in [9.17, 15) is 4.79 Å². The van der Waals surface area contributed by atoms with Gasteiger partial charge in [0.25, 0.3) is 0 Å². The van der Waals surface area contributed by atoms with E-state index in [0.717, 1.165) is 70.1 Å². The van der Waals surface area contributed by atoms with Crippen molar-refractivity contribution in [1.29, 1.82) is 0 Å². The number of H-pyrrole nitrogens is 2. The molecule has 0 spiro atoms. The smallest absolute Gasteiger partial charge is 0.227 e. The Labute approximate surface area is 189 Å². The van der Waals surface area contributed by atoms with Gasteiger partial charge >= 0.3 is 0 Å². The maximum Gasteiger partial charge on any atom is 0.227 e. The highest BCUT2D eigenvalue weighted by molar-refractivity contribution is 5.97. The van der Waals surface area contributed by atoms with Crippen molar-refractivity contribution in [2.45, 2.75) is 32.1 Å². The van der Waals surface area contributed by atoms with Crippen LogP contribution in [0.2, 0.25) is 0 Å². The largest absolute Gasteiger partial charge is 0.352 e. The zero-order chi connectivity index (χ0) is 22.2. The van der Waals surface area contributed by atoms with Crippen LogP contribution in [0.3, 0.4) is 0 Å². The lowest BCUT2D eigenvalue weighted by Gasteiger charge is -2.20. The summed E-state index contributed by atoms with van der Waals surface area (Å²) >= 11 is 0. The fourth-order valence-corrected chi connectivity index (χ4v) is 4.64. The number of carbonyl (C=O) groups is 1. The van der Waals surface area contributed by atoms with Crippen molar-refractivity contribution in [1.82, 2.24) is 30.1 Å². The van der Waals surface area contributed by atoms with Crippen LogP contribution in [0.4, 0.5) is 5.69 Å². The Balaban J connectivity index is 1.32. The molecule has 0 aliphatic heterocycles. The highest BCUT2D eigenvalue weighted by Crippen LogP contribution is 2.31. The minimum atomic E-state index is 0.0856. The second-order valence-corrected chi connectivity index (χ2v) is 8.62. The summed E-state index contributed by atoms with van der Waals surface area (Å²) in [6.07, 6.45) is 14.2. The van der Waals surface area contributed by atoms with Gasteiger partial charge in [0, 0.05) is 34.6 Å². The summed E-state index contributed by atoms with van der Waals surface area (Å²) in [5.41, 5.74) is 5.84. The number of amides is 1. The number of carbonyl (C=O) groups excluding carboxylic acids is 1. The van der Waals surface area contributed by atoms with Gasteiger partial charge in [-0.15, -0.1) is 0 Å². The van der Waals surface area contributed by atoms with Gasteiger partial charge in [0.1, 0.15) is 5.69 Å². The molecule has 0 radical (unpaired) electrons. The molecule has 1 aliphatic rings. The average Bonchev–Trinajstić information content (AvgIpc) is 3.48. The first-order valence-corrected chi connectivity index (χ1v) is 11.3. The van der Waals surface area contributed by atoms with E-state index in [1.807, 2.05) is 18.2 Å². The monoisotopic (exact) mass is 437 g/mol. The van der Waals surface area contributed by atoms with Crippen LogP contribution in [0, 0.1) is 5.92 Å². The molecule has 3 N–H and O–H groups in total. The molecule has 5 heterocycles. The molecule has 1 saturated carbocycles. The van der Waals surface area contributed by atoms with E-state index < -0.39 is 0 Å². The number of pyridine rings is 3. The van der Waals surface area contributed by atoms with E-state index in [0.29, 0.717) is 5.69 Å². The molecular formula is C25H23N7O. The normalized spacial score (nSPS) is 14.7. The summed E-state index contributed by atoms with van der Waals surface area (Å²) < 4.78 is 0. The number of aromatic nitrogens is 6. The van der Waals surface area contributed by atoms with Crippen molar-refractivity contribution < 1.29 is 4.79 Å². The summed E-state index contributed by atoms with van der Waals surface area (Å²) in [5.74, 6) is 0.180. The SMILES string of the molecule is O=C(Nc1cncc(-c2cc3c(-c4cc5ccncc5[nH]4)n[nH]c3cn2)c1)C1CCCCC1. The van der Waals surface area contributed by atoms with Crippen molar-refractivity contribution in [2.75, 3.05) is 5.32 Å². The molecule has 1 aliphatic carbocycles. The third-order valence-electron chi connectivity index (χ3n) is 6.40. The van der Waals surface area contributed by atoms with Crippen LogP contribution in [-0.2, 0) is 4.79 Å². The highest BCUT2D eigenvalue weighted by Gasteiger charge is 2.21. The van der Waals surface area contributed by atoms with Crippen LogP contribution in [0.5, 0.6) is 0 Å². The van der Waals surface area contributed by atoms with Crippen LogP contribution < -0.4 is 5.32 Å². The van der Waals surface area contributed by atoms with Gasteiger partial charge in [-0.05, 0) is 37.1 Å². The fraction of sp³-hybridized carbons (Fsp3) is 0.240. The third kappa shape index (κ3) is 3.73. The van der Waals surface area contributed by atoms with Gasteiger partial charge in [-0.1, -0.05) is 19.3 Å². The minimum absolute atomic E-state index is 0.0856. The van der Waals surface area contributed by atoms with Gasteiger partial charge in [0.2, 0.25) is 5.91 Å². The van der Waals surface area contributed by atoms with E-state index in [-0.39, 0.29) is 11.8 Å². The fourth-order valence-electron chi connectivity index (χ4n) is 4.64. The van der Waals surface area contributed by atoms with Crippen molar-refractivity contribution >= 4 is 33.4 Å². The van der Waals surface area contributed by atoms with Crippen molar-refractivity contribution in [3.63, 3.8) is 0 Å². The number of hydrogen-bond donors (Lipinski definition) is 3. The number of nitrogens with zero attached hydrogens (tertiary/aromatic N) is 4. The molecule has 5 aromatic rings. The molecule has 8 heteroatoms. The maximum absolute atomic E-state index is 12.7. The maximum atomic E-state index is 12.7. The van der Waals surface area contributed by atoms with Gasteiger partial charge < -0.3 is 10.3 Å². The zero-order valence-electron chi connectivity index (χ0n) is 18.0. The molecule has 0 unspecified atom stereocenters. The molecule has 0 bridgehead atoms. The van der Waals surface area contributed by atoms with Crippen LogP contribution in [0.15, 0.2) is 55.2 Å². The van der Waals surface area contributed by atoms with Crippen molar-refractivity contribution in [2.24, 2.45) is 5.92 Å². The Hall–Kier alpha value is -4.07. The Kier molecular flexibility index (Phi) is 4.83. The third-order valence-corrected chi connectivity index (χ3v) is 6.40. The predicted octanol–water partition coefficient (Wildman–Crippen LogP) is 5.08. The second-order valence-electron chi connectivity index (χ2n) is 8.62. The van der Waals surface area contributed by atoms with Gasteiger partial charge in [0.15, 0.2) is 0 Å². The molecule has 5 aromatic heterocycles. The van der Waals surface area contributed by atoms with Crippen LogP contribution in [0.1, 0.15) is 32.1 Å². The second kappa shape index (κ2) is 8.12. The molecule has 0 aromatic carbocycles. The minimum Gasteiger partial charge on any atom is -0.352 e. The van der Waals surface area contributed by atoms with E-state index in [1.54, 1.807) is 31.0 Å². The van der Waals surface area contributed by atoms with Crippen LogP contribution >= 0.6 is 0 Å². The number of hydrogen-bond acceptors (Lipinski definition) is 5. The summed E-state index contributed by atoms with van der Waals surface area (Å²) in [6, 6.07) is 7.96. The van der Waals surface area contributed by atoms with Crippen LogP contribution in [0.25, 0.3) is 44.5 Å². The molecule has 164 valence electrons. The quantitative estimate of drug-likeness (QED) is 0.363. The Morgan fingerprint density at radius 3 is 2.76 bits per heavy atom. The molecule has 1 amide bonds. The van der Waals surface area contributed by atoms with Gasteiger partial charge in [-0.3, -0.25) is 24.8 Å². The summed E-state index contributed by atoms with van der Waals surface area (Å²) in [6.45, 7) is 0. The molecule has 1 fully saturated rings. The summed E-state index contributed by atoms with van der Waals surface area (Å²) in [4.78, 5) is 29.2. The van der Waals surface area contributed by atoms with E-state index >= 15 is 0 Å². The predicted molar refractivity (Wildman–Crippen MR) is 127 cm³/mol. The molecular weight excluding hydrogens is 414 g/mol. The molecule has 6 rings (SSSR count). The van der Waals surface area contributed by atoms with E-state index in [2.05, 4.69) is 41.5 Å². The summed E-state index contributed by atoms with van der Waals surface area (Å²) in [5, 5.41) is 12.7. The number of fused-ring (bicyclic) bond motifs is 2. The first kappa shape index (κ1) is 19.6. The highest BCUT2D eigenvalue weighted by atomic mass is 16.1. The standard InChI is InChI=1S/C25H23N7O/c33-25(15-4-2-1-3-5-15)29-18-8-17(11-27-12-18)20-10-19-23(14-28-20)31-32-24(19)21-9-16-6-7-26-13-22(16)30-21/h6-15,30H,1-5H2,(H,29,33)(H,31,32). The number of aromatic amines is 2. The molecule has 8 nitrogen and oxygen atoms in total. The van der Waals surface area contributed by atoms with Gasteiger partial charge in [-0.2, -0.15) is 5.10 Å². The Bertz CT molecular complexity index is 1430. The van der Waals surface area contributed by atoms with Crippen molar-refractivity contribution in [3.8, 4) is 22.6 Å². The first-order chi connectivity index (χ1) is 16.2. The molecule has 33 heavy (non-hydrogen) atoms. The number of anilines is 1. The van der Waals surface area contributed by atoms with E-state index in [4.69, 9.17) is 0 Å². The zero-order valence-corrected chi connectivity index (χ0v) is 18.0. The van der Waals surface area contributed by atoms with Gasteiger partial charge in [0.05, 0.1) is 46.7 Å². The Morgan fingerprint density at radius 2 is 1.88 bits per heavy atom. The lowest BCUT2D eigenvalue weighted by atomic mass is 9.88. The first-order valence-electron chi connectivity index (χ1n) is 11.3. The lowest BCUT2D eigenvalue weighted by molar-refractivity contribution is -0.120. The van der Waals surface area contributed by atoms with Gasteiger partial charge in [-0.25, -0.2) is 0 Å². The number of nitrogens with one attached hydrogen (secondary N) is 3. The Morgan fingerprint density at radius 1 is 0.970 bits per heavy atom. The van der Waals surface area contributed by atoms with Crippen LogP contribution in [-0.4, -0.2) is 36.0 Å². The molecule has 0 saturated heterocycles. The van der Waals surface area contributed by atoms with Crippen molar-refractivity contribution in [3.05, 3.63) is 55.2 Å². The topological polar surface area (TPSA) is 112 Å². The molecule has 0 atom stereocenters.